The van der Waals surface area contributed by atoms with Crippen LogP contribution in [0.3, 0.4) is 0 Å². The van der Waals surface area contributed by atoms with Gasteiger partial charge in [0.2, 0.25) is 0 Å². The molecular weight excluding hydrogens is 296 g/mol. The first-order valence-corrected chi connectivity index (χ1v) is 6.96. The number of nitrogens with zero attached hydrogens (tertiary/aromatic N) is 1. The number of hydrogen-bond donors (Lipinski definition) is 1. The van der Waals surface area contributed by atoms with Gasteiger partial charge in [-0.2, -0.15) is 0 Å². The van der Waals surface area contributed by atoms with E-state index in [9.17, 15) is 9.59 Å². The van der Waals surface area contributed by atoms with E-state index in [1.807, 2.05) is 0 Å². The lowest BCUT2D eigenvalue weighted by atomic mass is 10.2. The van der Waals surface area contributed by atoms with E-state index in [0.717, 1.165) is 0 Å². The molecule has 0 aliphatic carbocycles. The molecule has 1 unspecified atom stereocenters. The Bertz CT molecular complexity index is 506. The van der Waals surface area contributed by atoms with Gasteiger partial charge in [0.1, 0.15) is 0 Å². The van der Waals surface area contributed by atoms with Gasteiger partial charge in [0.15, 0.2) is 0 Å². The standard InChI is InChI=1S/C14H17ClN2O4/c1-20-13(18)8-12-9-17(6-7-21-12)14(19)16-11-4-2-10(15)3-5-11/h2-5,12H,6-9H2,1H3,(H,16,19). The number of carbonyl (C=O) groups excluding carboxylic acids is 2. The second kappa shape index (κ2) is 7.28. The molecule has 0 bridgehead atoms. The number of amides is 2. The lowest BCUT2D eigenvalue weighted by Gasteiger charge is -2.32. The molecule has 1 heterocycles. The molecule has 114 valence electrons. The topological polar surface area (TPSA) is 67.9 Å². The first-order chi connectivity index (χ1) is 10.1. The van der Waals surface area contributed by atoms with Gasteiger partial charge >= 0.3 is 12.0 Å². The molecule has 1 aliphatic rings. The predicted octanol–water partition coefficient (Wildman–Crippen LogP) is 2.14. The number of methoxy groups -OCH3 is 1. The fourth-order valence-corrected chi connectivity index (χ4v) is 2.16. The summed E-state index contributed by atoms with van der Waals surface area (Å²) in [6, 6.07) is 6.64. The highest BCUT2D eigenvalue weighted by molar-refractivity contribution is 6.30. The molecule has 2 rings (SSSR count). The number of ether oxygens (including phenoxy) is 2. The van der Waals surface area contributed by atoms with Gasteiger partial charge in [-0.1, -0.05) is 11.6 Å². The van der Waals surface area contributed by atoms with Crippen molar-refractivity contribution in [1.29, 1.82) is 0 Å². The van der Waals surface area contributed by atoms with Crippen LogP contribution in [-0.2, 0) is 14.3 Å². The SMILES string of the molecule is COC(=O)CC1CN(C(=O)Nc2ccc(Cl)cc2)CCO1. The van der Waals surface area contributed by atoms with Crippen LogP contribution in [0.15, 0.2) is 24.3 Å². The minimum Gasteiger partial charge on any atom is -0.469 e. The quantitative estimate of drug-likeness (QED) is 0.868. The van der Waals surface area contributed by atoms with Gasteiger partial charge < -0.3 is 19.7 Å². The maximum atomic E-state index is 12.2. The summed E-state index contributed by atoms with van der Waals surface area (Å²) in [5, 5.41) is 3.39. The number of carbonyl (C=O) groups is 2. The third-order valence-electron chi connectivity index (χ3n) is 3.14. The van der Waals surface area contributed by atoms with Crippen LogP contribution in [0.1, 0.15) is 6.42 Å². The number of anilines is 1. The molecule has 0 saturated carbocycles. The molecule has 0 aromatic heterocycles. The van der Waals surface area contributed by atoms with Gasteiger partial charge in [0.25, 0.3) is 0 Å². The third kappa shape index (κ3) is 4.61. The molecule has 1 aliphatic heterocycles. The van der Waals surface area contributed by atoms with Crippen molar-refractivity contribution in [1.82, 2.24) is 4.90 Å². The summed E-state index contributed by atoms with van der Waals surface area (Å²) in [5.74, 6) is -0.347. The van der Waals surface area contributed by atoms with Crippen molar-refractivity contribution in [2.45, 2.75) is 12.5 Å². The number of urea groups is 1. The van der Waals surface area contributed by atoms with E-state index in [1.54, 1.807) is 29.2 Å². The highest BCUT2D eigenvalue weighted by Crippen LogP contribution is 2.15. The molecule has 0 radical (unpaired) electrons. The van der Waals surface area contributed by atoms with Crippen LogP contribution in [0.25, 0.3) is 0 Å². The van der Waals surface area contributed by atoms with Crippen LogP contribution in [-0.4, -0.2) is 49.8 Å². The average molecular weight is 313 g/mol. The first-order valence-electron chi connectivity index (χ1n) is 6.58. The van der Waals surface area contributed by atoms with Crippen molar-refractivity contribution < 1.29 is 19.1 Å². The largest absolute Gasteiger partial charge is 0.469 e. The van der Waals surface area contributed by atoms with Crippen LogP contribution in [0.5, 0.6) is 0 Å². The predicted molar refractivity (Wildman–Crippen MR) is 78.4 cm³/mol. The molecule has 1 aromatic rings. The molecule has 1 fully saturated rings. The zero-order valence-corrected chi connectivity index (χ0v) is 12.4. The Kier molecular flexibility index (Phi) is 5.41. The van der Waals surface area contributed by atoms with E-state index < -0.39 is 0 Å². The molecule has 7 heteroatoms. The van der Waals surface area contributed by atoms with E-state index in [-0.39, 0.29) is 24.5 Å². The second-order valence-electron chi connectivity index (χ2n) is 4.66. The Balaban J connectivity index is 1.89. The smallest absolute Gasteiger partial charge is 0.322 e. The molecule has 0 spiro atoms. The summed E-state index contributed by atoms with van der Waals surface area (Å²) < 4.78 is 10.1. The van der Waals surface area contributed by atoms with Crippen LogP contribution in [0, 0.1) is 0 Å². The lowest BCUT2D eigenvalue weighted by molar-refractivity contribution is -0.145. The van der Waals surface area contributed by atoms with E-state index in [0.29, 0.717) is 30.4 Å². The highest BCUT2D eigenvalue weighted by Gasteiger charge is 2.26. The van der Waals surface area contributed by atoms with Gasteiger partial charge in [0.05, 0.1) is 26.2 Å². The minimum absolute atomic E-state index is 0.140. The number of esters is 1. The molecule has 2 amide bonds. The minimum atomic E-state index is -0.347. The van der Waals surface area contributed by atoms with Crippen molar-refractivity contribution >= 4 is 29.3 Å². The van der Waals surface area contributed by atoms with Crippen molar-refractivity contribution in [3.63, 3.8) is 0 Å². The number of nitrogens with one attached hydrogen (secondary N) is 1. The average Bonchev–Trinajstić information content (AvgIpc) is 2.49. The van der Waals surface area contributed by atoms with Crippen LogP contribution in [0.2, 0.25) is 5.02 Å². The Morgan fingerprint density at radius 3 is 2.81 bits per heavy atom. The number of halogens is 1. The fraction of sp³-hybridized carbons (Fsp3) is 0.429. The first kappa shape index (κ1) is 15.6. The normalized spacial score (nSPS) is 18.2. The van der Waals surface area contributed by atoms with Gasteiger partial charge in [-0.25, -0.2) is 4.79 Å². The molecular formula is C14H17ClN2O4. The van der Waals surface area contributed by atoms with Crippen molar-refractivity contribution in [3.8, 4) is 0 Å². The van der Waals surface area contributed by atoms with E-state index in [2.05, 4.69) is 10.1 Å². The van der Waals surface area contributed by atoms with Crippen molar-refractivity contribution in [2.24, 2.45) is 0 Å². The zero-order chi connectivity index (χ0) is 15.2. The Hall–Kier alpha value is -1.79. The number of benzene rings is 1. The summed E-state index contributed by atoms with van der Waals surface area (Å²) in [4.78, 5) is 25.0. The molecule has 21 heavy (non-hydrogen) atoms. The molecule has 6 nitrogen and oxygen atoms in total. The van der Waals surface area contributed by atoms with E-state index >= 15 is 0 Å². The molecule has 1 atom stereocenters. The molecule has 1 N–H and O–H groups in total. The van der Waals surface area contributed by atoms with Gasteiger partial charge in [-0.3, -0.25) is 4.79 Å². The lowest BCUT2D eigenvalue weighted by Crippen LogP contribution is -2.48. The number of rotatable bonds is 3. The Labute approximate surface area is 128 Å². The van der Waals surface area contributed by atoms with Crippen LogP contribution >= 0.6 is 11.6 Å². The van der Waals surface area contributed by atoms with E-state index in [4.69, 9.17) is 16.3 Å². The zero-order valence-electron chi connectivity index (χ0n) is 11.7. The molecule has 1 saturated heterocycles. The van der Waals surface area contributed by atoms with Gasteiger partial charge in [0, 0.05) is 23.8 Å². The third-order valence-corrected chi connectivity index (χ3v) is 3.40. The van der Waals surface area contributed by atoms with Gasteiger partial charge in [-0.15, -0.1) is 0 Å². The van der Waals surface area contributed by atoms with Gasteiger partial charge in [-0.05, 0) is 24.3 Å². The fourth-order valence-electron chi connectivity index (χ4n) is 2.03. The summed E-state index contributed by atoms with van der Waals surface area (Å²) in [7, 11) is 1.33. The van der Waals surface area contributed by atoms with Crippen molar-refractivity contribution in [2.75, 3.05) is 32.1 Å². The number of morpholine rings is 1. The summed E-state index contributed by atoms with van der Waals surface area (Å²) in [6.45, 7) is 1.24. The summed E-state index contributed by atoms with van der Waals surface area (Å²) in [5.41, 5.74) is 0.667. The maximum Gasteiger partial charge on any atom is 0.322 e. The monoisotopic (exact) mass is 312 g/mol. The Morgan fingerprint density at radius 1 is 1.43 bits per heavy atom. The highest BCUT2D eigenvalue weighted by atomic mass is 35.5. The van der Waals surface area contributed by atoms with Crippen LogP contribution in [0.4, 0.5) is 10.5 Å². The number of hydrogen-bond acceptors (Lipinski definition) is 4. The van der Waals surface area contributed by atoms with Crippen LogP contribution < -0.4 is 5.32 Å². The Morgan fingerprint density at radius 2 is 2.14 bits per heavy atom. The summed E-state index contributed by atoms with van der Waals surface area (Å²) >= 11 is 5.79. The van der Waals surface area contributed by atoms with Crippen molar-refractivity contribution in [3.05, 3.63) is 29.3 Å². The second-order valence-corrected chi connectivity index (χ2v) is 5.09. The van der Waals surface area contributed by atoms with E-state index in [1.165, 1.54) is 7.11 Å². The maximum absolute atomic E-state index is 12.2. The molecule has 1 aromatic carbocycles. The summed E-state index contributed by atoms with van der Waals surface area (Å²) in [6.07, 6.45) is -0.191.